The molecule has 0 aromatic heterocycles. The molecule has 1 rings (SSSR count). The first kappa shape index (κ1) is 12.6. The lowest BCUT2D eigenvalue weighted by atomic mass is 10.2. The van der Waals surface area contributed by atoms with Gasteiger partial charge in [-0.3, -0.25) is 4.90 Å². The number of nitrogens with zero attached hydrogens (tertiary/aromatic N) is 1. The molecule has 1 aromatic rings. The SMILES string of the molecule is CCN(CCBr)Cc1cc(F)cc(F)c1. The van der Waals surface area contributed by atoms with Gasteiger partial charge in [-0.05, 0) is 24.2 Å². The van der Waals surface area contributed by atoms with Crippen LogP contribution in [0.4, 0.5) is 8.78 Å². The molecule has 0 aliphatic rings. The predicted octanol–water partition coefficient (Wildman–Crippen LogP) is 3.18. The van der Waals surface area contributed by atoms with Gasteiger partial charge in [0.15, 0.2) is 0 Å². The third kappa shape index (κ3) is 4.26. The molecular weight excluding hydrogens is 264 g/mol. The summed E-state index contributed by atoms with van der Waals surface area (Å²) in [4.78, 5) is 2.11. The van der Waals surface area contributed by atoms with E-state index in [2.05, 4.69) is 20.8 Å². The molecule has 0 saturated heterocycles. The Morgan fingerprint density at radius 1 is 1.20 bits per heavy atom. The lowest BCUT2D eigenvalue weighted by molar-refractivity contribution is 0.298. The Balaban J connectivity index is 2.69. The highest BCUT2D eigenvalue weighted by molar-refractivity contribution is 9.09. The van der Waals surface area contributed by atoms with E-state index in [1.165, 1.54) is 12.1 Å². The molecule has 0 heterocycles. The van der Waals surface area contributed by atoms with Gasteiger partial charge >= 0.3 is 0 Å². The number of hydrogen-bond acceptors (Lipinski definition) is 1. The van der Waals surface area contributed by atoms with E-state index in [0.29, 0.717) is 12.1 Å². The zero-order valence-corrected chi connectivity index (χ0v) is 10.2. The van der Waals surface area contributed by atoms with Gasteiger partial charge in [0.1, 0.15) is 11.6 Å². The van der Waals surface area contributed by atoms with Crippen molar-refractivity contribution in [3.63, 3.8) is 0 Å². The van der Waals surface area contributed by atoms with Crippen molar-refractivity contribution in [3.05, 3.63) is 35.4 Å². The molecule has 1 nitrogen and oxygen atoms in total. The molecule has 84 valence electrons. The van der Waals surface area contributed by atoms with Crippen LogP contribution < -0.4 is 0 Å². The molecule has 0 fully saturated rings. The molecule has 1 aromatic carbocycles. The standard InChI is InChI=1S/C11H14BrF2N/c1-2-15(4-3-12)8-9-5-10(13)7-11(14)6-9/h5-7H,2-4,8H2,1H3. The molecule has 0 saturated carbocycles. The molecule has 0 radical (unpaired) electrons. The van der Waals surface area contributed by atoms with Crippen LogP contribution in [0.5, 0.6) is 0 Å². The first-order valence-electron chi connectivity index (χ1n) is 4.89. The molecule has 0 N–H and O–H groups in total. The predicted molar refractivity (Wildman–Crippen MR) is 61.1 cm³/mol. The minimum Gasteiger partial charge on any atom is -0.299 e. The Bertz CT molecular complexity index is 297. The van der Waals surface area contributed by atoms with Crippen LogP contribution in [-0.4, -0.2) is 23.3 Å². The molecule has 0 amide bonds. The summed E-state index contributed by atoms with van der Waals surface area (Å²) in [6, 6.07) is 3.64. The van der Waals surface area contributed by atoms with Gasteiger partial charge in [-0.15, -0.1) is 0 Å². The summed E-state index contributed by atoms with van der Waals surface area (Å²) in [6.07, 6.45) is 0. The quantitative estimate of drug-likeness (QED) is 0.748. The number of rotatable bonds is 5. The van der Waals surface area contributed by atoms with Gasteiger partial charge in [0.25, 0.3) is 0 Å². The number of benzene rings is 1. The van der Waals surface area contributed by atoms with Crippen LogP contribution in [0.2, 0.25) is 0 Å². The van der Waals surface area contributed by atoms with Crippen molar-refractivity contribution in [2.45, 2.75) is 13.5 Å². The summed E-state index contributed by atoms with van der Waals surface area (Å²) in [5, 5.41) is 0.860. The molecule has 0 unspecified atom stereocenters. The Labute approximate surface area is 97.2 Å². The maximum atomic E-state index is 12.9. The maximum absolute atomic E-state index is 12.9. The Morgan fingerprint density at radius 3 is 2.27 bits per heavy atom. The number of halogens is 3. The van der Waals surface area contributed by atoms with Crippen LogP contribution in [0.3, 0.4) is 0 Å². The number of hydrogen-bond donors (Lipinski definition) is 0. The van der Waals surface area contributed by atoms with Crippen molar-refractivity contribution in [2.75, 3.05) is 18.4 Å². The van der Waals surface area contributed by atoms with Gasteiger partial charge in [0, 0.05) is 24.5 Å². The minimum atomic E-state index is -0.514. The lowest BCUT2D eigenvalue weighted by Crippen LogP contribution is -2.24. The van der Waals surface area contributed by atoms with Gasteiger partial charge in [-0.2, -0.15) is 0 Å². The third-order valence-electron chi connectivity index (χ3n) is 2.18. The van der Waals surface area contributed by atoms with Gasteiger partial charge < -0.3 is 0 Å². The first-order valence-corrected chi connectivity index (χ1v) is 6.01. The first-order chi connectivity index (χ1) is 7.15. The second-order valence-electron chi connectivity index (χ2n) is 3.34. The smallest absolute Gasteiger partial charge is 0.126 e. The van der Waals surface area contributed by atoms with Crippen LogP contribution in [0.1, 0.15) is 12.5 Å². The lowest BCUT2D eigenvalue weighted by Gasteiger charge is -2.19. The van der Waals surface area contributed by atoms with Gasteiger partial charge in [-0.25, -0.2) is 8.78 Å². The van der Waals surface area contributed by atoms with E-state index in [-0.39, 0.29) is 0 Å². The normalized spacial score (nSPS) is 11.0. The van der Waals surface area contributed by atoms with Gasteiger partial charge in [-0.1, -0.05) is 22.9 Å². The van der Waals surface area contributed by atoms with Crippen molar-refractivity contribution < 1.29 is 8.78 Å². The molecule has 0 spiro atoms. The fraction of sp³-hybridized carbons (Fsp3) is 0.455. The Kier molecular flexibility index (Phi) is 5.19. The molecular formula is C11H14BrF2N. The van der Waals surface area contributed by atoms with E-state index in [1.54, 1.807) is 0 Å². The third-order valence-corrected chi connectivity index (χ3v) is 2.53. The van der Waals surface area contributed by atoms with Gasteiger partial charge in [0.2, 0.25) is 0 Å². The van der Waals surface area contributed by atoms with Crippen LogP contribution in [0, 0.1) is 11.6 Å². The second kappa shape index (κ2) is 6.18. The maximum Gasteiger partial charge on any atom is 0.126 e. The van der Waals surface area contributed by atoms with E-state index in [1.807, 2.05) is 6.92 Å². The molecule has 0 atom stereocenters. The number of alkyl halides is 1. The monoisotopic (exact) mass is 277 g/mol. The van der Waals surface area contributed by atoms with Crippen molar-refractivity contribution in [1.82, 2.24) is 4.90 Å². The van der Waals surface area contributed by atoms with Crippen LogP contribution in [-0.2, 0) is 6.54 Å². The fourth-order valence-corrected chi connectivity index (χ4v) is 1.93. The minimum absolute atomic E-state index is 0.514. The summed E-state index contributed by atoms with van der Waals surface area (Å²) in [5.41, 5.74) is 0.676. The molecule has 15 heavy (non-hydrogen) atoms. The van der Waals surface area contributed by atoms with Crippen molar-refractivity contribution >= 4 is 15.9 Å². The highest BCUT2D eigenvalue weighted by atomic mass is 79.9. The highest BCUT2D eigenvalue weighted by Crippen LogP contribution is 2.10. The topological polar surface area (TPSA) is 3.24 Å². The van der Waals surface area contributed by atoms with Crippen molar-refractivity contribution in [2.24, 2.45) is 0 Å². The van der Waals surface area contributed by atoms with Crippen LogP contribution in [0.25, 0.3) is 0 Å². The van der Waals surface area contributed by atoms with Crippen molar-refractivity contribution in [1.29, 1.82) is 0 Å². The molecule has 0 bridgehead atoms. The zero-order chi connectivity index (χ0) is 11.3. The summed E-state index contributed by atoms with van der Waals surface area (Å²) in [7, 11) is 0. The van der Waals surface area contributed by atoms with E-state index in [9.17, 15) is 8.78 Å². The van der Waals surface area contributed by atoms with Crippen molar-refractivity contribution in [3.8, 4) is 0 Å². The second-order valence-corrected chi connectivity index (χ2v) is 4.13. The van der Waals surface area contributed by atoms with Crippen LogP contribution in [0.15, 0.2) is 18.2 Å². The average Bonchev–Trinajstić information content (AvgIpc) is 2.15. The summed E-state index contributed by atoms with van der Waals surface area (Å²) in [6.45, 7) is 4.34. The highest BCUT2D eigenvalue weighted by Gasteiger charge is 2.05. The summed E-state index contributed by atoms with van der Waals surface area (Å²) in [5.74, 6) is -1.03. The van der Waals surface area contributed by atoms with E-state index in [4.69, 9.17) is 0 Å². The largest absolute Gasteiger partial charge is 0.299 e. The fourth-order valence-electron chi connectivity index (χ4n) is 1.43. The average molecular weight is 278 g/mol. The summed E-state index contributed by atoms with van der Waals surface area (Å²) >= 11 is 3.34. The Hall–Kier alpha value is -0.480. The molecule has 0 aliphatic carbocycles. The summed E-state index contributed by atoms with van der Waals surface area (Å²) < 4.78 is 25.8. The van der Waals surface area contributed by atoms with E-state index in [0.717, 1.165) is 24.5 Å². The molecule has 4 heteroatoms. The molecule has 0 aliphatic heterocycles. The zero-order valence-electron chi connectivity index (χ0n) is 8.64. The Morgan fingerprint density at radius 2 is 1.80 bits per heavy atom. The van der Waals surface area contributed by atoms with E-state index < -0.39 is 11.6 Å². The van der Waals surface area contributed by atoms with Crippen LogP contribution >= 0.6 is 15.9 Å². The van der Waals surface area contributed by atoms with Gasteiger partial charge in [0.05, 0.1) is 0 Å². The van der Waals surface area contributed by atoms with E-state index >= 15 is 0 Å².